The van der Waals surface area contributed by atoms with Crippen molar-refractivity contribution in [2.75, 3.05) is 0 Å². The maximum atomic E-state index is 12.0. The van der Waals surface area contributed by atoms with Gasteiger partial charge in [0, 0.05) is 34.7 Å². The Bertz CT molecular complexity index is 1250. The van der Waals surface area contributed by atoms with Gasteiger partial charge >= 0.3 is 11.6 Å². The van der Waals surface area contributed by atoms with E-state index in [1.54, 1.807) is 25.1 Å². The Morgan fingerprint density at radius 2 is 2.04 bits per heavy atom. The number of aryl methyl sites for hydroxylation is 1. The summed E-state index contributed by atoms with van der Waals surface area (Å²) in [4.78, 5) is 28.0. The molecule has 0 amide bonds. The number of para-hydroxylation sites is 2. The van der Waals surface area contributed by atoms with Crippen LogP contribution >= 0.6 is 0 Å². The van der Waals surface area contributed by atoms with Gasteiger partial charge < -0.3 is 18.7 Å². The van der Waals surface area contributed by atoms with E-state index >= 15 is 0 Å². The number of hydrogen-bond acceptors (Lipinski definition) is 7. The maximum Gasteiger partial charge on any atom is 0.336 e. The SMILES string of the molecule is Cc1c(O)ccc2c(COC(=O)/C=C/c3nc4ccccc4o3)cc(=O)oc12. The van der Waals surface area contributed by atoms with E-state index in [0.29, 0.717) is 27.6 Å². The Balaban J connectivity index is 1.52. The van der Waals surface area contributed by atoms with Crippen LogP contribution in [0, 0.1) is 6.92 Å². The van der Waals surface area contributed by atoms with Gasteiger partial charge in [-0.25, -0.2) is 14.6 Å². The van der Waals surface area contributed by atoms with E-state index in [0.717, 1.165) is 0 Å². The highest BCUT2D eigenvalue weighted by Crippen LogP contribution is 2.27. The number of esters is 1. The van der Waals surface area contributed by atoms with Crippen molar-refractivity contribution in [3.63, 3.8) is 0 Å². The number of carbonyl (C=O) groups excluding carboxylic acids is 1. The average Bonchev–Trinajstić information content (AvgIpc) is 3.10. The summed E-state index contributed by atoms with van der Waals surface area (Å²) < 4.78 is 15.9. The number of carbonyl (C=O) groups is 1. The second-order valence-electron chi connectivity index (χ2n) is 6.14. The Hall–Kier alpha value is -3.87. The number of aromatic nitrogens is 1. The molecule has 0 radical (unpaired) electrons. The summed E-state index contributed by atoms with van der Waals surface area (Å²) in [5.74, 6) is -0.305. The minimum atomic E-state index is -0.612. The molecule has 0 aliphatic carbocycles. The lowest BCUT2D eigenvalue weighted by Gasteiger charge is -2.08. The standard InChI is InChI=1S/C21H15NO6/c1-12-16(23)7-6-14-13(10-20(25)28-21(12)14)11-26-19(24)9-8-18-22-15-4-2-3-5-17(15)27-18/h2-10,23H,11H2,1H3/b9-8+. The summed E-state index contributed by atoms with van der Waals surface area (Å²) in [7, 11) is 0. The number of fused-ring (bicyclic) bond motifs is 2. The van der Waals surface area contributed by atoms with Gasteiger partial charge in [0.25, 0.3) is 0 Å². The highest BCUT2D eigenvalue weighted by molar-refractivity contribution is 5.88. The van der Waals surface area contributed by atoms with Crippen LogP contribution < -0.4 is 5.63 Å². The molecule has 2 aromatic carbocycles. The van der Waals surface area contributed by atoms with Gasteiger partial charge in [-0.05, 0) is 31.2 Å². The van der Waals surface area contributed by atoms with E-state index in [1.807, 2.05) is 12.1 Å². The zero-order valence-electron chi connectivity index (χ0n) is 14.8. The first kappa shape index (κ1) is 17.5. The summed E-state index contributed by atoms with van der Waals surface area (Å²) >= 11 is 0. The lowest BCUT2D eigenvalue weighted by Crippen LogP contribution is -2.06. The van der Waals surface area contributed by atoms with Gasteiger partial charge in [-0.2, -0.15) is 0 Å². The number of rotatable bonds is 4. The van der Waals surface area contributed by atoms with E-state index in [9.17, 15) is 14.7 Å². The van der Waals surface area contributed by atoms with E-state index in [2.05, 4.69) is 4.98 Å². The molecule has 0 unspecified atom stereocenters. The highest BCUT2D eigenvalue weighted by atomic mass is 16.5. The van der Waals surface area contributed by atoms with Gasteiger partial charge in [0.1, 0.15) is 23.5 Å². The number of benzene rings is 2. The van der Waals surface area contributed by atoms with E-state index in [4.69, 9.17) is 13.6 Å². The summed E-state index contributed by atoms with van der Waals surface area (Å²) in [6.45, 7) is 1.52. The molecule has 0 saturated carbocycles. The number of aromatic hydroxyl groups is 1. The van der Waals surface area contributed by atoms with Crippen molar-refractivity contribution in [3.05, 3.63) is 76.0 Å². The van der Waals surface area contributed by atoms with Gasteiger partial charge in [0.15, 0.2) is 5.58 Å². The van der Waals surface area contributed by atoms with E-state index < -0.39 is 11.6 Å². The molecule has 2 aromatic heterocycles. The third kappa shape index (κ3) is 3.37. The molecule has 0 fully saturated rings. The molecule has 0 bridgehead atoms. The smallest absolute Gasteiger partial charge is 0.336 e. The minimum Gasteiger partial charge on any atom is -0.508 e. The van der Waals surface area contributed by atoms with Crippen molar-refractivity contribution < 1.29 is 23.5 Å². The molecule has 1 N–H and O–H groups in total. The molecule has 0 spiro atoms. The molecule has 0 aliphatic heterocycles. The zero-order chi connectivity index (χ0) is 19.7. The lowest BCUT2D eigenvalue weighted by molar-refractivity contribution is -0.138. The van der Waals surface area contributed by atoms with E-state index in [-0.39, 0.29) is 23.8 Å². The number of hydrogen-bond donors (Lipinski definition) is 1. The Morgan fingerprint density at radius 1 is 1.21 bits per heavy atom. The van der Waals surface area contributed by atoms with Crippen LogP contribution in [-0.4, -0.2) is 16.1 Å². The molecule has 140 valence electrons. The Kier molecular flexibility index (Phi) is 4.41. The van der Waals surface area contributed by atoms with Crippen molar-refractivity contribution in [1.82, 2.24) is 4.98 Å². The van der Waals surface area contributed by atoms with Crippen LogP contribution in [0.3, 0.4) is 0 Å². The fraction of sp³-hybridized carbons (Fsp3) is 0.0952. The van der Waals surface area contributed by atoms with Crippen LogP contribution in [0.25, 0.3) is 28.1 Å². The second kappa shape index (κ2) is 7.03. The van der Waals surface area contributed by atoms with Crippen molar-refractivity contribution in [3.8, 4) is 5.75 Å². The number of phenolic OH excluding ortho intramolecular Hbond substituents is 1. The Labute approximate surface area is 158 Å². The third-order valence-electron chi connectivity index (χ3n) is 4.26. The molecular formula is C21H15NO6. The molecule has 0 saturated heterocycles. The van der Waals surface area contributed by atoms with Gasteiger partial charge in [-0.1, -0.05) is 12.1 Å². The quantitative estimate of drug-likeness (QED) is 0.328. The molecule has 28 heavy (non-hydrogen) atoms. The van der Waals surface area contributed by atoms with Gasteiger partial charge in [-0.15, -0.1) is 0 Å². The first-order valence-corrected chi connectivity index (χ1v) is 8.47. The van der Waals surface area contributed by atoms with E-state index in [1.165, 1.54) is 24.3 Å². The second-order valence-corrected chi connectivity index (χ2v) is 6.14. The topological polar surface area (TPSA) is 103 Å². The van der Waals surface area contributed by atoms with Crippen LogP contribution in [0.4, 0.5) is 0 Å². The number of nitrogens with zero attached hydrogens (tertiary/aromatic N) is 1. The molecular weight excluding hydrogens is 362 g/mol. The summed E-state index contributed by atoms with van der Waals surface area (Å²) in [6, 6.07) is 11.6. The zero-order valence-corrected chi connectivity index (χ0v) is 14.8. The minimum absolute atomic E-state index is 0.0195. The van der Waals surface area contributed by atoms with Crippen molar-refractivity contribution in [1.29, 1.82) is 0 Å². The largest absolute Gasteiger partial charge is 0.508 e. The average molecular weight is 377 g/mol. The number of ether oxygens (including phenoxy) is 1. The molecule has 7 heteroatoms. The molecule has 4 aromatic rings. The van der Waals surface area contributed by atoms with Crippen LogP contribution in [0.5, 0.6) is 5.75 Å². The lowest BCUT2D eigenvalue weighted by atomic mass is 10.1. The molecule has 0 aliphatic rings. The molecule has 4 rings (SSSR count). The highest BCUT2D eigenvalue weighted by Gasteiger charge is 2.12. The first-order valence-electron chi connectivity index (χ1n) is 8.47. The fourth-order valence-electron chi connectivity index (χ4n) is 2.83. The third-order valence-corrected chi connectivity index (χ3v) is 4.26. The van der Waals surface area contributed by atoms with Crippen LogP contribution in [0.15, 0.2) is 62.2 Å². The predicted octanol–water partition coefficient (Wildman–Crippen LogP) is 3.70. The van der Waals surface area contributed by atoms with Crippen LogP contribution in [-0.2, 0) is 16.1 Å². The summed E-state index contributed by atoms with van der Waals surface area (Å²) in [6.07, 6.45) is 2.62. The van der Waals surface area contributed by atoms with Crippen molar-refractivity contribution in [2.45, 2.75) is 13.5 Å². The molecule has 2 heterocycles. The summed E-state index contributed by atoms with van der Waals surface area (Å²) in [5, 5.41) is 10.4. The monoisotopic (exact) mass is 377 g/mol. The molecule has 7 nitrogen and oxygen atoms in total. The Morgan fingerprint density at radius 3 is 2.86 bits per heavy atom. The number of oxazole rings is 1. The van der Waals surface area contributed by atoms with Gasteiger partial charge in [-0.3, -0.25) is 0 Å². The predicted molar refractivity (Wildman–Crippen MR) is 102 cm³/mol. The maximum absolute atomic E-state index is 12.0. The first-order chi connectivity index (χ1) is 13.5. The molecule has 0 atom stereocenters. The van der Waals surface area contributed by atoms with Gasteiger partial charge in [0.05, 0.1) is 0 Å². The van der Waals surface area contributed by atoms with Crippen molar-refractivity contribution >= 4 is 34.1 Å². The van der Waals surface area contributed by atoms with Crippen LogP contribution in [0.2, 0.25) is 0 Å². The number of phenols is 1. The van der Waals surface area contributed by atoms with Crippen LogP contribution in [0.1, 0.15) is 17.0 Å². The van der Waals surface area contributed by atoms with Gasteiger partial charge in [0.2, 0.25) is 5.89 Å². The van der Waals surface area contributed by atoms with Crippen molar-refractivity contribution in [2.24, 2.45) is 0 Å². The summed E-state index contributed by atoms with van der Waals surface area (Å²) in [5.41, 5.74) is 1.92. The normalized spacial score (nSPS) is 11.5. The fourth-order valence-corrected chi connectivity index (χ4v) is 2.83.